The molecule has 0 aromatic heterocycles. The van der Waals surface area contributed by atoms with E-state index < -0.39 is 19.0 Å². The van der Waals surface area contributed by atoms with Gasteiger partial charge in [-0.3, -0.25) is 0 Å². The fraction of sp³-hybridized carbons (Fsp3) is 0.400. The molecule has 1 rings (SSSR count). The number of ether oxygens (including phenoxy) is 2. The maximum atomic E-state index is 12.0. The zero-order valence-corrected chi connectivity index (χ0v) is 8.42. The number of alkyl halides is 4. The number of aryl methyl sites for hydroxylation is 1. The molecule has 0 spiro atoms. The summed E-state index contributed by atoms with van der Waals surface area (Å²) in [7, 11) is 0. The average Bonchev–Trinajstić information content (AvgIpc) is 2.19. The molecule has 1 aromatic rings. The summed E-state index contributed by atoms with van der Waals surface area (Å²) in [5.74, 6) is -0.776. The highest BCUT2D eigenvalue weighted by molar-refractivity contribution is 5.43. The Balaban J connectivity index is 2.96. The first kappa shape index (κ1) is 12.6. The van der Waals surface area contributed by atoms with Crippen LogP contribution in [0.1, 0.15) is 12.5 Å². The summed E-state index contributed by atoms with van der Waals surface area (Å²) in [4.78, 5) is 0. The molecule has 90 valence electrons. The van der Waals surface area contributed by atoms with E-state index in [4.69, 9.17) is 0 Å². The van der Waals surface area contributed by atoms with Crippen LogP contribution in [-0.2, 0) is 6.42 Å². The van der Waals surface area contributed by atoms with Crippen molar-refractivity contribution >= 4 is 0 Å². The van der Waals surface area contributed by atoms with Crippen LogP contribution in [0.4, 0.5) is 17.6 Å². The van der Waals surface area contributed by atoms with E-state index in [9.17, 15) is 17.6 Å². The van der Waals surface area contributed by atoms with Crippen molar-refractivity contribution in [3.05, 3.63) is 23.8 Å². The van der Waals surface area contributed by atoms with Gasteiger partial charge in [-0.15, -0.1) is 0 Å². The third-order valence-corrected chi connectivity index (χ3v) is 1.85. The first-order valence-electron chi connectivity index (χ1n) is 4.55. The Morgan fingerprint density at radius 1 is 1.00 bits per heavy atom. The molecular weight excluding hydrogens is 228 g/mol. The summed E-state index contributed by atoms with van der Waals surface area (Å²) in [5, 5.41) is 0. The third kappa shape index (κ3) is 3.60. The molecule has 0 heterocycles. The van der Waals surface area contributed by atoms with Crippen molar-refractivity contribution in [1.82, 2.24) is 0 Å². The van der Waals surface area contributed by atoms with Gasteiger partial charge in [-0.05, 0) is 24.1 Å². The van der Waals surface area contributed by atoms with E-state index in [1.54, 1.807) is 6.92 Å². The molecule has 0 aliphatic rings. The van der Waals surface area contributed by atoms with E-state index >= 15 is 0 Å². The molecular formula is C10H10F4O2. The SMILES string of the molecule is CCc1ccc(OC(F)F)c(OC(F)F)c1. The van der Waals surface area contributed by atoms with Crippen LogP contribution in [0.3, 0.4) is 0 Å². The zero-order chi connectivity index (χ0) is 12.1. The van der Waals surface area contributed by atoms with Crippen LogP contribution in [0.25, 0.3) is 0 Å². The molecule has 0 atom stereocenters. The Morgan fingerprint density at radius 3 is 2.06 bits per heavy atom. The van der Waals surface area contributed by atoms with Crippen LogP contribution < -0.4 is 9.47 Å². The van der Waals surface area contributed by atoms with Crippen molar-refractivity contribution in [3.8, 4) is 11.5 Å². The Labute approximate surface area is 89.8 Å². The summed E-state index contributed by atoms with van der Waals surface area (Å²) >= 11 is 0. The monoisotopic (exact) mass is 238 g/mol. The fourth-order valence-corrected chi connectivity index (χ4v) is 1.15. The number of hydrogen-bond donors (Lipinski definition) is 0. The van der Waals surface area contributed by atoms with Gasteiger partial charge in [0.2, 0.25) is 0 Å². The number of rotatable bonds is 5. The first-order chi connectivity index (χ1) is 7.52. The molecule has 0 amide bonds. The van der Waals surface area contributed by atoms with Crippen molar-refractivity contribution in [3.63, 3.8) is 0 Å². The number of hydrogen-bond acceptors (Lipinski definition) is 2. The van der Waals surface area contributed by atoms with Crippen molar-refractivity contribution in [1.29, 1.82) is 0 Å². The van der Waals surface area contributed by atoms with Crippen LogP contribution in [0.5, 0.6) is 11.5 Å². The average molecular weight is 238 g/mol. The third-order valence-electron chi connectivity index (χ3n) is 1.85. The highest BCUT2D eigenvalue weighted by Gasteiger charge is 2.14. The Hall–Kier alpha value is -1.46. The summed E-state index contributed by atoms with van der Waals surface area (Å²) in [6, 6.07) is 3.95. The minimum absolute atomic E-state index is 0.380. The molecule has 0 saturated carbocycles. The molecule has 0 fully saturated rings. The van der Waals surface area contributed by atoms with Crippen LogP contribution in [-0.4, -0.2) is 13.2 Å². The Morgan fingerprint density at radius 2 is 1.56 bits per heavy atom. The van der Waals surface area contributed by atoms with E-state index in [0.717, 1.165) is 0 Å². The molecule has 1 aromatic carbocycles. The second-order valence-electron chi connectivity index (χ2n) is 2.89. The van der Waals surface area contributed by atoms with Crippen LogP contribution >= 0.6 is 0 Å². The standard InChI is InChI=1S/C10H10F4O2/c1-2-6-3-4-7(15-9(11)12)8(5-6)16-10(13)14/h3-5,9-10H,2H2,1H3. The lowest BCUT2D eigenvalue weighted by Gasteiger charge is -2.12. The summed E-state index contributed by atoms with van der Waals surface area (Å²) in [5.41, 5.74) is 0.692. The quantitative estimate of drug-likeness (QED) is 0.731. The summed E-state index contributed by atoms with van der Waals surface area (Å²) in [6.45, 7) is -4.35. The minimum Gasteiger partial charge on any atom is -0.431 e. The number of benzene rings is 1. The molecule has 0 N–H and O–H groups in total. The summed E-state index contributed by atoms with van der Waals surface area (Å²) < 4.78 is 56.1. The van der Waals surface area contributed by atoms with Gasteiger partial charge in [0.25, 0.3) is 0 Å². The van der Waals surface area contributed by atoms with Gasteiger partial charge in [-0.2, -0.15) is 17.6 Å². The van der Waals surface area contributed by atoms with Crippen molar-refractivity contribution in [2.24, 2.45) is 0 Å². The second kappa shape index (κ2) is 5.58. The zero-order valence-electron chi connectivity index (χ0n) is 8.42. The first-order valence-corrected chi connectivity index (χ1v) is 4.55. The maximum Gasteiger partial charge on any atom is 0.387 e. The van der Waals surface area contributed by atoms with Crippen LogP contribution in [0, 0.1) is 0 Å². The lowest BCUT2D eigenvalue weighted by atomic mass is 10.1. The van der Waals surface area contributed by atoms with Crippen LogP contribution in [0.2, 0.25) is 0 Å². The molecule has 0 aliphatic heterocycles. The van der Waals surface area contributed by atoms with E-state index in [2.05, 4.69) is 9.47 Å². The normalized spacial score (nSPS) is 10.9. The van der Waals surface area contributed by atoms with Crippen molar-refractivity contribution in [2.75, 3.05) is 0 Å². The van der Waals surface area contributed by atoms with Gasteiger partial charge >= 0.3 is 13.2 Å². The van der Waals surface area contributed by atoms with E-state index in [1.807, 2.05) is 0 Å². The van der Waals surface area contributed by atoms with Gasteiger partial charge in [0.1, 0.15) is 0 Å². The van der Waals surface area contributed by atoms with Gasteiger partial charge in [-0.25, -0.2) is 0 Å². The van der Waals surface area contributed by atoms with Gasteiger partial charge in [0.15, 0.2) is 11.5 Å². The fourth-order valence-electron chi connectivity index (χ4n) is 1.15. The lowest BCUT2D eigenvalue weighted by Crippen LogP contribution is -2.07. The Bertz CT molecular complexity index is 342. The molecule has 6 heteroatoms. The molecule has 0 saturated heterocycles. The van der Waals surface area contributed by atoms with Crippen molar-refractivity contribution in [2.45, 2.75) is 26.6 Å². The van der Waals surface area contributed by atoms with Gasteiger partial charge in [0.05, 0.1) is 0 Å². The van der Waals surface area contributed by atoms with E-state index in [0.29, 0.717) is 12.0 Å². The predicted octanol–water partition coefficient (Wildman–Crippen LogP) is 3.45. The van der Waals surface area contributed by atoms with Gasteiger partial charge in [0, 0.05) is 0 Å². The molecule has 0 unspecified atom stereocenters. The van der Waals surface area contributed by atoms with E-state index in [1.165, 1.54) is 18.2 Å². The van der Waals surface area contributed by atoms with Crippen LogP contribution in [0.15, 0.2) is 18.2 Å². The molecule has 0 aliphatic carbocycles. The largest absolute Gasteiger partial charge is 0.431 e. The molecule has 16 heavy (non-hydrogen) atoms. The smallest absolute Gasteiger partial charge is 0.387 e. The van der Waals surface area contributed by atoms with Crippen molar-refractivity contribution < 1.29 is 27.0 Å². The molecule has 2 nitrogen and oxygen atoms in total. The van der Waals surface area contributed by atoms with Gasteiger partial charge < -0.3 is 9.47 Å². The Kier molecular flexibility index (Phi) is 4.39. The predicted molar refractivity (Wildman–Crippen MR) is 49.1 cm³/mol. The van der Waals surface area contributed by atoms with E-state index in [-0.39, 0.29) is 5.75 Å². The van der Waals surface area contributed by atoms with Gasteiger partial charge in [-0.1, -0.05) is 13.0 Å². The molecule has 0 radical (unpaired) electrons. The highest BCUT2D eigenvalue weighted by atomic mass is 19.3. The lowest BCUT2D eigenvalue weighted by molar-refractivity contribution is -0.0692. The summed E-state index contributed by atoms with van der Waals surface area (Å²) in [6.07, 6.45) is 0.578. The topological polar surface area (TPSA) is 18.5 Å². The number of halogens is 4. The minimum atomic E-state index is -3.08. The maximum absolute atomic E-state index is 12.0. The molecule has 0 bridgehead atoms. The highest BCUT2D eigenvalue weighted by Crippen LogP contribution is 2.31. The second-order valence-corrected chi connectivity index (χ2v) is 2.89.